The van der Waals surface area contributed by atoms with Crippen molar-refractivity contribution in [1.82, 2.24) is 10.6 Å². The first-order valence-corrected chi connectivity index (χ1v) is 6.03. The maximum Gasteiger partial charge on any atom is 0.191 e. The fourth-order valence-corrected chi connectivity index (χ4v) is 1.38. The van der Waals surface area contributed by atoms with Crippen LogP contribution in [0.1, 0.15) is 32.6 Å². The lowest BCUT2D eigenvalue weighted by Gasteiger charge is -2.15. The molecule has 0 spiro atoms. The Kier molecular flexibility index (Phi) is 11.4. The molecule has 0 aromatic carbocycles. The molecule has 0 atom stereocenters. The molecule has 96 valence electrons. The molecule has 0 saturated carbocycles. The summed E-state index contributed by atoms with van der Waals surface area (Å²) < 4.78 is 5.46. The first kappa shape index (κ1) is 16.0. The molecular formula is C11H24IN3O. The van der Waals surface area contributed by atoms with Gasteiger partial charge in [0.2, 0.25) is 0 Å². The van der Waals surface area contributed by atoms with Gasteiger partial charge in [-0.2, -0.15) is 0 Å². The highest BCUT2D eigenvalue weighted by Gasteiger charge is 2.01. The van der Waals surface area contributed by atoms with Gasteiger partial charge in [-0.25, -0.2) is 0 Å². The third-order valence-electron chi connectivity index (χ3n) is 2.30. The number of halogens is 1. The van der Waals surface area contributed by atoms with Gasteiger partial charge >= 0.3 is 0 Å². The number of hydrogen-bond donors (Lipinski definition) is 2. The summed E-state index contributed by atoms with van der Waals surface area (Å²) in [7, 11) is 0. The molecule has 0 aliphatic carbocycles. The van der Waals surface area contributed by atoms with E-state index >= 15 is 0 Å². The predicted molar refractivity (Wildman–Crippen MR) is 78.7 cm³/mol. The van der Waals surface area contributed by atoms with Gasteiger partial charge in [0.05, 0.1) is 0 Å². The van der Waals surface area contributed by atoms with Gasteiger partial charge < -0.3 is 15.4 Å². The molecule has 1 aliphatic rings. The van der Waals surface area contributed by atoms with E-state index in [1.165, 1.54) is 12.8 Å². The first-order chi connectivity index (χ1) is 7.43. The van der Waals surface area contributed by atoms with Crippen molar-refractivity contribution in [3.05, 3.63) is 0 Å². The second-order valence-corrected chi connectivity index (χ2v) is 3.76. The maximum atomic E-state index is 5.46. The summed E-state index contributed by atoms with van der Waals surface area (Å²) in [5, 5.41) is 6.50. The molecule has 1 heterocycles. The third-order valence-corrected chi connectivity index (χ3v) is 2.30. The van der Waals surface area contributed by atoms with Crippen molar-refractivity contribution in [2.45, 2.75) is 32.6 Å². The van der Waals surface area contributed by atoms with E-state index < -0.39 is 0 Å². The highest BCUT2D eigenvalue weighted by molar-refractivity contribution is 14.0. The van der Waals surface area contributed by atoms with Crippen LogP contribution in [0.4, 0.5) is 0 Å². The largest absolute Gasteiger partial charge is 0.381 e. The van der Waals surface area contributed by atoms with Crippen LogP contribution in [0.5, 0.6) is 0 Å². The van der Waals surface area contributed by atoms with E-state index in [9.17, 15) is 0 Å². The average Bonchev–Trinajstić information content (AvgIpc) is 2.29. The van der Waals surface area contributed by atoms with Crippen LogP contribution in [0.15, 0.2) is 4.99 Å². The standard InChI is InChI=1S/C11H23N3O.HI/c1-2-3-9-15-10-5-8-14-11-12-6-4-7-13-11;/h2-10H2,1H3,(H2,12,13,14);1H. The fourth-order valence-electron chi connectivity index (χ4n) is 1.38. The van der Waals surface area contributed by atoms with Crippen molar-refractivity contribution < 1.29 is 4.74 Å². The molecule has 16 heavy (non-hydrogen) atoms. The first-order valence-electron chi connectivity index (χ1n) is 6.03. The van der Waals surface area contributed by atoms with Crippen molar-refractivity contribution in [2.24, 2.45) is 4.99 Å². The number of nitrogens with zero attached hydrogens (tertiary/aromatic N) is 1. The van der Waals surface area contributed by atoms with Gasteiger partial charge in [0.25, 0.3) is 0 Å². The highest BCUT2D eigenvalue weighted by atomic mass is 127. The lowest BCUT2D eigenvalue weighted by Crippen LogP contribution is -2.41. The summed E-state index contributed by atoms with van der Waals surface area (Å²) in [4.78, 5) is 4.33. The summed E-state index contributed by atoms with van der Waals surface area (Å²) in [6, 6.07) is 0. The molecule has 4 nitrogen and oxygen atoms in total. The van der Waals surface area contributed by atoms with Crippen LogP contribution in [0.25, 0.3) is 0 Å². The van der Waals surface area contributed by atoms with Crippen LogP contribution in [-0.2, 0) is 4.74 Å². The van der Waals surface area contributed by atoms with Gasteiger partial charge in [-0.3, -0.25) is 4.99 Å². The molecule has 0 bridgehead atoms. The molecule has 0 aromatic rings. The summed E-state index contributed by atoms with van der Waals surface area (Å²) in [5.74, 6) is 0.954. The van der Waals surface area contributed by atoms with E-state index in [0.717, 1.165) is 51.6 Å². The normalized spacial score (nSPS) is 14.7. The molecule has 5 heteroatoms. The second kappa shape index (κ2) is 11.4. The Labute approximate surface area is 116 Å². The second-order valence-electron chi connectivity index (χ2n) is 3.76. The SMILES string of the molecule is CCCCOCCCNC1=NCCCN1.I. The van der Waals surface area contributed by atoms with E-state index in [-0.39, 0.29) is 24.0 Å². The van der Waals surface area contributed by atoms with Crippen LogP contribution in [0.2, 0.25) is 0 Å². The van der Waals surface area contributed by atoms with Crippen LogP contribution in [0.3, 0.4) is 0 Å². The molecule has 2 N–H and O–H groups in total. The maximum absolute atomic E-state index is 5.46. The topological polar surface area (TPSA) is 45.6 Å². The van der Waals surface area contributed by atoms with Gasteiger partial charge in [0, 0.05) is 32.8 Å². The van der Waals surface area contributed by atoms with Crippen molar-refractivity contribution in [2.75, 3.05) is 32.8 Å². The number of unbranched alkanes of at least 4 members (excludes halogenated alkanes) is 1. The van der Waals surface area contributed by atoms with Gasteiger partial charge in [-0.15, -0.1) is 24.0 Å². The zero-order chi connectivity index (χ0) is 10.8. The number of ether oxygens (including phenoxy) is 1. The predicted octanol–water partition coefficient (Wildman–Crippen LogP) is 1.75. The smallest absolute Gasteiger partial charge is 0.191 e. The minimum atomic E-state index is 0. The van der Waals surface area contributed by atoms with Crippen LogP contribution >= 0.6 is 24.0 Å². The number of guanidine groups is 1. The third kappa shape index (κ3) is 8.15. The minimum absolute atomic E-state index is 0. The molecule has 0 amide bonds. The Morgan fingerprint density at radius 3 is 2.88 bits per heavy atom. The molecule has 0 aromatic heterocycles. The molecule has 0 fully saturated rings. The highest BCUT2D eigenvalue weighted by Crippen LogP contribution is 1.90. The van der Waals surface area contributed by atoms with E-state index in [4.69, 9.17) is 4.74 Å². The average molecular weight is 341 g/mol. The molecule has 0 radical (unpaired) electrons. The molecular weight excluding hydrogens is 317 g/mol. The van der Waals surface area contributed by atoms with Crippen LogP contribution < -0.4 is 10.6 Å². The number of rotatable bonds is 7. The Morgan fingerprint density at radius 1 is 1.38 bits per heavy atom. The minimum Gasteiger partial charge on any atom is -0.381 e. The van der Waals surface area contributed by atoms with E-state index in [1.807, 2.05) is 0 Å². The van der Waals surface area contributed by atoms with E-state index in [2.05, 4.69) is 22.5 Å². The van der Waals surface area contributed by atoms with Crippen molar-refractivity contribution in [3.63, 3.8) is 0 Å². The van der Waals surface area contributed by atoms with Crippen molar-refractivity contribution in [3.8, 4) is 0 Å². The Balaban J connectivity index is 0.00000225. The van der Waals surface area contributed by atoms with Crippen molar-refractivity contribution in [1.29, 1.82) is 0 Å². The van der Waals surface area contributed by atoms with Gasteiger partial charge in [0.1, 0.15) is 0 Å². The molecule has 1 rings (SSSR count). The van der Waals surface area contributed by atoms with E-state index in [1.54, 1.807) is 0 Å². The fraction of sp³-hybridized carbons (Fsp3) is 0.909. The lowest BCUT2D eigenvalue weighted by molar-refractivity contribution is 0.129. The Morgan fingerprint density at radius 2 is 2.19 bits per heavy atom. The summed E-state index contributed by atoms with van der Waals surface area (Å²) in [5.41, 5.74) is 0. The summed E-state index contributed by atoms with van der Waals surface area (Å²) in [6.45, 7) is 6.85. The van der Waals surface area contributed by atoms with Crippen molar-refractivity contribution >= 4 is 29.9 Å². The quantitative estimate of drug-likeness (QED) is 0.548. The molecule has 0 saturated heterocycles. The van der Waals surface area contributed by atoms with Gasteiger partial charge in [-0.1, -0.05) is 13.3 Å². The van der Waals surface area contributed by atoms with Crippen LogP contribution in [-0.4, -0.2) is 38.8 Å². The summed E-state index contributed by atoms with van der Waals surface area (Å²) >= 11 is 0. The molecule has 0 unspecified atom stereocenters. The number of hydrogen-bond acceptors (Lipinski definition) is 4. The zero-order valence-electron chi connectivity index (χ0n) is 10.1. The number of nitrogens with one attached hydrogen (secondary N) is 2. The lowest BCUT2D eigenvalue weighted by atomic mass is 10.3. The Bertz CT molecular complexity index is 188. The monoisotopic (exact) mass is 341 g/mol. The van der Waals surface area contributed by atoms with Gasteiger partial charge in [-0.05, 0) is 19.3 Å². The zero-order valence-corrected chi connectivity index (χ0v) is 12.5. The van der Waals surface area contributed by atoms with E-state index in [0.29, 0.717) is 0 Å². The molecule has 1 aliphatic heterocycles. The van der Waals surface area contributed by atoms with Crippen LogP contribution in [0, 0.1) is 0 Å². The summed E-state index contributed by atoms with van der Waals surface area (Å²) in [6.07, 6.45) is 4.57. The number of aliphatic imine (C=N–C) groups is 1. The Hall–Kier alpha value is -0.0400. The van der Waals surface area contributed by atoms with Gasteiger partial charge in [0.15, 0.2) is 5.96 Å².